The Kier molecular flexibility index (Phi) is 5.47. The van der Waals surface area contributed by atoms with E-state index in [1.807, 2.05) is 6.20 Å². The fourth-order valence-corrected chi connectivity index (χ4v) is 4.53. The summed E-state index contributed by atoms with van der Waals surface area (Å²) in [6, 6.07) is 11.5. The van der Waals surface area contributed by atoms with Gasteiger partial charge in [0.25, 0.3) is 5.91 Å². The minimum absolute atomic E-state index is 0.0588. The molecule has 0 bridgehead atoms. The Hall–Kier alpha value is -3.86. The van der Waals surface area contributed by atoms with Crippen molar-refractivity contribution >= 4 is 5.91 Å². The van der Waals surface area contributed by atoms with Crippen molar-refractivity contribution in [2.24, 2.45) is 0 Å². The van der Waals surface area contributed by atoms with Crippen LogP contribution in [-0.4, -0.2) is 33.8 Å². The molecule has 1 aromatic heterocycles. The highest BCUT2D eigenvalue weighted by Gasteiger charge is 2.33. The molecule has 5 rings (SSSR count). The molecule has 33 heavy (non-hydrogen) atoms. The molecule has 2 aromatic carbocycles. The van der Waals surface area contributed by atoms with E-state index in [0.29, 0.717) is 18.8 Å². The highest BCUT2D eigenvalue weighted by molar-refractivity contribution is 6.00. The number of nitriles is 1. The quantitative estimate of drug-likeness (QED) is 0.582. The summed E-state index contributed by atoms with van der Waals surface area (Å²) in [4.78, 5) is 15.3. The first-order valence-electron chi connectivity index (χ1n) is 11.0. The molecule has 0 spiro atoms. The minimum atomic E-state index is -0.306. The molecule has 1 aliphatic heterocycles. The van der Waals surface area contributed by atoms with Crippen molar-refractivity contribution in [2.45, 2.75) is 44.9 Å². The maximum Gasteiger partial charge on any atom is 0.262 e. The standard InChI is InChI=1S/C25H23FN4O3/c1-32-24-16(12-27)6-11-22(33-20-4-2-3-5-20)23(24)25(31)29-13-17-14-30(28-21(17)15-29)19-9-7-18(26)8-10-19/h6-11,14,20H,2-5,13,15H2,1H3. The van der Waals surface area contributed by atoms with E-state index in [2.05, 4.69) is 11.2 Å². The molecular formula is C25H23FN4O3. The van der Waals surface area contributed by atoms with Crippen LogP contribution in [-0.2, 0) is 13.1 Å². The van der Waals surface area contributed by atoms with Gasteiger partial charge in [-0.05, 0) is 62.1 Å². The van der Waals surface area contributed by atoms with Crippen LogP contribution in [0.4, 0.5) is 4.39 Å². The van der Waals surface area contributed by atoms with Gasteiger partial charge in [-0.25, -0.2) is 9.07 Å². The van der Waals surface area contributed by atoms with Crippen LogP contribution in [0.5, 0.6) is 11.5 Å². The van der Waals surface area contributed by atoms with Gasteiger partial charge in [-0.2, -0.15) is 10.4 Å². The number of rotatable bonds is 5. The Morgan fingerprint density at radius 2 is 1.91 bits per heavy atom. The molecular weight excluding hydrogens is 423 g/mol. The van der Waals surface area contributed by atoms with E-state index in [9.17, 15) is 14.4 Å². The molecule has 1 saturated carbocycles. The summed E-state index contributed by atoms with van der Waals surface area (Å²) in [5.74, 6) is 0.116. The average Bonchev–Trinajstić information content (AvgIpc) is 3.55. The van der Waals surface area contributed by atoms with Crippen LogP contribution in [0.25, 0.3) is 5.69 Å². The zero-order chi connectivity index (χ0) is 22.9. The summed E-state index contributed by atoms with van der Waals surface area (Å²) in [6.45, 7) is 0.698. The van der Waals surface area contributed by atoms with Gasteiger partial charge in [0.05, 0.1) is 36.7 Å². The number of benzene rings is 2. The third-order valence-corrected chi connectivity index (χ3v) is 6.21. The van der Waals surface area contributed by atoms with Gasteiger partial charge < -0.3 is 14.4 Å². The maximum absolute atomic E-state index is 13.6. The summed E-state index contributed by atoms with van der Waals surface area (Å²) in [6.07, 6.45) is 6.02. The van der Waals surface area contributed by atoms with E-state index in [1.165, 1.54) is 19.2 Å². The number of ether oxygens (including phenoxy) is 2. The Morgan fingerprint density at radius 1 is 1.15 bits per heavy atom. The monoisotopic (exact) mass is 446 g/mol. The molecule has 168 valence electrons. The lowest BCUT2D eigenvalue weighted by Crippen LogP contribution is -2.28. The summed E-state index contributed by atoms with van der Waals surface area (Å²) < 4.78 is 26.6. The van der Waals surface area contributed by atoms with Gasteiger partial charge in [0.15, 0.2) is 5.75 Å². The van der Waals surface area contributed by atoms with E-state index in [-0.39, 0.29) is 34.7 Å². The lowest BCUT2D eigenvalue weighted by molar-refractivity contribution is 0.0737. The summed E-state index contributed by atoms with van der Waals surface area (Å²) in [7, 11) is 1.46. The number of carbonyl (C=O) groups excluding carboxylic acids is 1. The number of carbonyl (C=O) groups is 1. The van der Waals surface area contributed by atoms with Crippen LogP contribution in [0.3, 0.4) is 0 Å². The van der Waals surface area contributed by atoms with Crippen molar-refractivity contribution in [3.8, 4) is 23.3 Å². The number of methoxy groups -OCH3 is 1. The van der Waals surface area contributed by atoms with Crippen LogP contribution < -0.4 is 9.47 Å². The van der Waals surface area contributed by atoms with Crippen molar-refractivity contribution in [3.63, 3.8) is 0 Å². The van der Waals surface area contributed by atoms with E-state index in [0.717, 1.165) is 42.6 Å². The number of amides is 1. The molecule has 0 atom stereocenters. The van der Waals surface area contributed by atoms with Crippen LogP contribution >= 0.6 is 0 Å². The zero-order valence-electron chi connectivity index (χ0n) is 18.3. The largest absolute Gasteiger partial charge is 0.494 e. The Bertz CT molecular complexity index is 1220. The van der Waals surface area contributed by atoms with Crippen LogP contribution in [0.2, 0.25) is 0 Å². The fourth-order valence-electron chi connectivity index (χ4n) is 4.53. The van der Waals surface area contributed by atoms with Crippen molar-refractivity contribution in [3.05, 3.63) is 70.8 Å². The molecule has 1 amide bonds. The first kappa shape index (κ1) is 21.0. The van der Waals surface area contributed by atoms with E-state index in [1.54, 1.807) is 33.8 Å². The molecule has 8 heteroatoms. The molecule has 1 fully saturated rings. The molecule has 2 heterocycles. The Morgan fingerprint density at radius 3 is 2.58 bits per heavy atom. The predicted molar refractivity (Wildman–Crippen MR) is 118 cm³/mol. The van der Waals surface area contributed by atoms with Gasteiger partial charge in [0.2, 0.25) is 0 Å². The lowest BCUT2D eigenvalue weighted by Gasteiger charge is -2.22. The predicted octanol–water partition coefficient (Wildman–Crippen LogP) is 4.37. The highest BCUT2D eigenvalue weighted by atomic mass is 19.1. The summed E-state index contributed by atoms with van der Waals surface area (Å²) >= 11 is 0. The summed E-state index contributed by atoms with van der Waals surface area (Å²) in [5, 5.41) is 14.1. The minimum Gasteiger partial charge on any atom is -0.494 e. The number of hydrogen-bond donors (Lipinski definition) is 0. The molecule has 0 radical (unpaired) electrons. The maximum atomic E-state index is 13.6. The van der Waals surface area contributed by atoms with Crippen molar-refractivity contribution in [1.29, 1.82) is 5.26 Å². The van der Waals surface area contributed by atoms with Crippen molar-refractivity contribution < 1.29 is 18.7 Å². The first-order chi connectivity index (χ1) is 16.1. The molecule has 1 aliphatic carbocycles. The van der Waals surface area contributed by atoms with Gasteiger partial charge in [0, 0.05) is 18.3 Å². The number of nitrogens with zero attached hydrogens (tertiary/aromatic N) is 4. The second kappa shape index (κ2) is 8.58. The van der Waals surface area contributed by atoms with Gasteiger partial charge in [-0.15, -0.1) is 0 Å². The third-order valence-electron chi connectivity index (χ3n) is 6.21. The van der Waals surface area contributed by atoms with Gasteiger partial charge in [-0.1, -0.05) is 0 Å². The highest BCUT2D eigenvalue weighted by Crippen LogP contribution is 2.37. The SMILES string of the molecule is COc1c(C#N)ccc(OC2CCCC2)c1C(=O)N1Cc2cn(-c3ccc(F)cc3)nc2C1. The van der Waals surface area contributed by atoms with E-state index >= 15 is 0 Å². The zero-order valence-corrected chi connectivity index (χ0v) is 18.3. The molecule has 7 nitrogen and oxygen atoms in total. The first-order valence-corrected chi connectivity index (χ1v) is 11.0. The second-order valence-corrected chi connectivity index (χ2v) is 8.34. The number of aromatic nitrogens is 2. The molecule has 0 unspecified atom stereocenters. The molecule has 2 aliphatic rings. The molecule has 0 N–H and O–H groups in total. The molecule has 0 saturated heterocycles. The van der Waals surface area contributed by atoms with E-state index < -0.39 is 0 Å². The van der Waals surface area contributed by atoms with Crippen molar-refractivity contribution in [2.75, 3.05) is 7.11 Å². The third kappa shape index (κ3) is 3.91. The van der Waals surface area contributed by atoms with Crippen LogP contribution in [0, 0.1) is 17.1 Å². The normalized spacial score (nSPS) is 15.4. The fraction of sp³-hybridized carbons (Fsp3) is 0.320. The number of fused-ring (bicyclic) bond motifs is 1. The number of hydrogen-bond acceptors (Lipinski definition) is 5. The summed E-state index contributed by atoms with van der Waals surface area (Å²) in [5.41, 5.74) is 3.01. The Balaban J connectivity index is 1.43. The average molecular weight is 446 g/mol. The van der Waals surface area contributed by atoms with Crippen LogP contribution in [0.1, 0.15) is 52.9 Å². The van der Waals surface area contributed by atoms with Gasteiger partial charge in [0.1, 0.15) is 23.2 Å². The van der Waals surface area contributed by atoms with E-state index in [4.69, 9.17) is 9.47 Å². The lowest BCUT2D eigenvalue weighted by atomic mass is 10.1. The second-order valence-electron chi connectivity index (χ2n) is 8.34. The molecule has 3 aromatic rings. The Labute approximate surface area is 190 Å². The van der Waals surface area contributed by atoms with Gasteiger partial charge in [-0.3, -0.25) is 4.79 Å². The number of halogens is 1. The van der Waals surface area contributed by atoms with Gasteiger partial charge >= 0.3 is 0 Å². The van der Waals surface area contributed by atoms with Crippen molar-refractivity contribution in [1.82, 2.24) is 14.7 Å². The van der Waals surface area contributed by atoms with Crippen LogP contribution in [0.15, 0.2) is 42.6 Å². The topological polar surface area (TPSA) is 80.4 Å². The smallest absolute Gasteiger partial charge is 0.262 e.